The number of aldehydes is 1. The van der Waals surface area contributed by atoms with E-state index in [-0.39, 0.29) is 70.0 Å². The van der Waals surface area contributed by atoms with Gasteiger partial charge in [0, 0.05) is 38.8 Å². The summed E-state index contributed by atoms with van der Waals surface area (Å²) in [6.07, 6.45) is 4.62. The largest absolute Gasteiger partial charge is 0.394 e. The maximum absolute atomic E-state index is 13.1. The second-order valence-corrected chi connectivity index (χ2v) is 13.5. The van der Waals surface area contributed by atoms with Crippen molar-refractivity contribution in [2.24, 2.45) is 11.7 Å². The van der Waals surface area contributed by atoms with Crippen LogP contribution >= 0.6 is 0 Å². The first-order valence-electron chi connectivity index (χ1n) is 20.7. The van der Waals surface area contributed by atoms with E-state index >= 15 is 0 Å². The molecule has 0 unspecified atom stereocenters. The summed E-state index contributed by atoms with van der Waals surface area (Å²) in [7, 11) is 0. The summed E-state index contributed by atoms with van der Waals surface area (Å²) in [4.78, 5) is 71.9. The number of rotatable bonds is 44. The lowest BCUT2D eigenvalue weighted by atomic mass is 10.0. The Morgan fingerprint density at radius 2 is 1.00 bits per heavy atom. The lowest BCUT2D eigenvalue weighted by Crippen LogP contribution is -2.54. The summed E-state index contributed by atoms with van der Waals surface area (Å²) in [5.74, 6) is -2.09. The normalized spacial score (nSPS) is 12.2. The highest BCUT2D eigenvalue weighted by Gasteiger charge is 2.27. The predicted octanol–water partition coefficient (Wildman–Crippen LogP) is -0.835. The number of hydrogen-bond donors (Lipinski definition) is 6. The third-order valence-corrected chi connectivity index (χ3v) is 8.12. The fraction of sp³-hybridized carbons (Fsp3) is 0.846. The van der Waals surface area contributed by atoms with Crippen LogP contribution in [0.15, 0.2) is 0 Å². The number of ether oxygens (including phenoxy) is 8. The summed E-state index contributed by atoms with van der Waals surface area (Å²) in [6, 6.07) is -1.82. The molecule has 344 valence electrons. The highest BCUT2D eigenvalue weighted by Crippen LogP contribution is 2.06. The van der Waals surface area contributed by atoms with Crippen molar-refractivity contribution in [3.63, 3.8) is 0 Å². The van der Waals surface area contributed by atoms with Gasteiger partial charge in [-0.1, -0.05) is 13.8 Å². The average Bonchev–Trinajstić information content (AvgIpc) is 3.20. The van der Waals surface area contributed by atoms with E-state index < -0.39 is 29.8 Å². The molecule has 0 radical (unpaired) electrons. The van der Waals surface area contributed by atoms with E-state index in [4.69, 9.17) is 48.7 Å². The molecule has 0 aromatic heterocycles. The standard InChI is InChI=1S/C39H73N5O15/c1-32(2)37(38(40)50)44-39(51)33(8-5-6-12-41-35(48)10-16-52-20-24-56-29-31-59-27-23-55-19-15-46)43-36(49)11-17-53-21-25-57-28-30-58-26-22-54-18-13-42-34(47)9-4-3-7-14-45/h14,32-33,37,46H,3-13,15-31H2,1-2H3,(H2,40,50)(H,41,48)(H,42,47)(H,43,49)(H,44,51)/t33-,37+/m1/s1. The predicted molar refractivity (Wildman–Crippen MR) is 215 cm³/mol. The molecule has 0 saturated carbocycles. The molecule has 7 N–H and O–H groups in total. The molecule has 2 atom stereocenters. The number of aliphatic hydroxyl groups is 1. The summed E-state index contributed by atoms with van der Waals surface area (Å²) >= 11 is 0. The van der Waals surface area contributed by atoms with E-state index in [1.165, 1.54) is 0 Å². The Morgan fingerprint density at radius 3 is 1.49 bits per heavy atom. The van der Waals surface area contributed by atoms with E-state index in [0.29, 0.717) is 131 Å². The Kier molecular flexibility index (Phi) is 39.1. The van der Waals surface area contributed by atoms with Crippen LogP contribution in [0.2, 0.25) is 0 Å². The zero-order chi connectivity index (χ0) is 43.6. The molecule has 0 heterocycles. The van der Waals surface area contributed by atoms with Crippen LogP contribution in [0, 0.1) is 5.92 Å². The molecule has 59 heavy (non-hydrogen) atoms. The Hall–Kier alpha value is -3.34. The van der Waals surface area contributed by atoms with Crippen molar-refractivity contribution in [1.29, 1.82) is 0 Å². The third kappa shape index (κ3) is 37.4. The highest BCUT2D eigenvalue weighted by molar-refractivity contribution is 5.91. The molecular weight excluding hydrogens is 778 g/mol. The van der Waals surface area contributed by atoms with Gasteiger partial charge in [-0.2, -0.15) is 0 Å². The summed E-state index contributed by atoms with van der Waals surface area (Å²) < 4.78 is 43.1. The summed E-state index contributed by atoms with van der Waals surface area (Å²) in [5.41, 5.74) is 5.48. The second kappa shape index (κ2) is 41.4. The molecule has 20 heteroatoms. The van der Waals surface area contributed by atoms with Gasteiger partial charge in [0.05, 0.1) is 112 Å². The maximum Gasteiger partial charge on any atom is 0.243 e. The van der Waals surface area contributed by atoms with Crippen LogP contribution in [0.25, 0.3) is 0 Å². The van der Waals surface area contributed by atoms with Crippen LogP contribution in [-0.4, -0.2) is 178 Å². The molecule has 0 saturated heterocycles. The van der Waals surface area contributed by atoms with Crippen molar-refractivity contribution in [3.8, 4) is 0 Å². The fourth-order valence-corrected chi connectivity index (χ4v) is 4.93. The first-order valence-corrected chi connectivity index (χ1v) is 20.7. The van der Waals surface area contributed by atoms with Crippen LogP contribution in [0.3, 0.4) is 0 Å². The second-order valence-electron chi connectivity index (χ2n) is 13.5. The number of nitrogens with one attached hydrogen (secondary N) is 4. The number of carbonyl (C=O) groups is 6. The molecule has 0 aliphatic heterocycles. The molecule has 0 rings (SSSR count). The number of carbonyl (C=O) groups excluding carboxylic acids is 6. The van der Waals surface area contributed by atoms with Crippen molar-refractivity contribution in [2.75, 3.05) is 125 Å². The Labute approximate surface area is 349 Å². The number of primary amides is 1. The molecule has 0 aliphatic carbocycles. The smallest absolute Gasteiger partial charge is 0.243 e. The van der Waals surface area contributed by atoms with Gasteiger partial charge in [0.25, 0.3) is 0 Å². The number of amides is 5. The first-order chi connectivity index (χ1) is 28.6. The quantitative estimate of drug-likeness (QED) is 0.0323. The Bertz CT molecular complexity index is 1090. The van der Waals surface area contributed by atoms with E-state index in [1.54, 1.807) is 13.8 Å². The first kappa shape index (κ1) is 55.7. The van der Waals surface area contributed by atoms with E-state index in [9.17, 15) is 28.8 Å². The molecule has 0 spiro atoms. The molecule has 20 nitrogen and oxygen atoms in total. The van der Waals surface area contributed by atoms with Gasteiger partial charge >= 0.3 is 0 Å². The minimum Gasteiger partial charge on any atom is -0.394 e. The summed E-state index contributed by atoms with van der Waals surface area (Å²) in [5, 5.41) is 19.6. The molecule has 0 aromatic carbocycles. The van der Waals surface area contributed by atoms with Crippen LogP contribution in [0.4, 0.5) is 0 Å². The van der Waals surface area contributed by atoms with Gasteiger partial charge in [-0.15, -0.1) is 0 Å². The topological polar surface area (TPSA) is 271 Å². The molecule has 5 amide bonds. The van der Waals surface area contributed by atoms with Crippen LogP contribution in [-0.2, 0) is 66.7 Å². The summed E-state index contributed by atoms with van der Waals surface area (Å²) in [6.45, 7) is 9.64. The zero-order valence-electron chi connectivity index (χ0n) is 35.3. The minimum absolute atomic E-state index is 0.00263. The van der Waals surface area contributed by atoms with Crippen LogP contribution < -0.4 is 27.0 Å². The maximum atomic E-state index is 13.1. The molecule has 0 aliphatic rings. The van der Waals surface area contributed by atoms with Gasteiger partial charge in [-0.25, -0.2) is 0 Å². The molecule has 0 aromatic rings. The van der Waals surface area contributed by atoms with Crippen molar-refractivity contribution >= 4 is 35.8 Å². The van der Waals surface area contributed by atoms with E-state index in [1.807, 2.05) is 0 Å². The van der Waals surface area contributed by atoms with Crippen LogP contribution in [0.5, 0.6) is 0 Å². The number of unbranched alkanes of at least 4 members (excludes halogenated alkanes) is 3. The number of aliphatic hydroxyl groups excluding tert-OH is 1. The fourth-order valence-electron chi connectivity index (χ4n) is 4.93. The van der Waals surface area contributed by atoms with Crippen LogP contribution in [0.1, 0.15) is 71.6 Å². The van der Waals surface area contributed by atoms with Crippen molar-refractivity contribution in [2.45, 2.75) is 83.7 Å². The number of nitrogens with two attached hydrogens (primary N) is 1. The van der Waals surface area contributed by atoms with Crippen molar-refractivity contribution in [1.82, 2.24) is 21.3 Å². The highest BCUT2D eigenvalue weighted by atomic mass is 16.6. The average molecular weight is 852 g/mol. The van der Waals surface area contributed by atoms with Gasteiger partial charge in [0.1, 0.15) is 18.4 Å². The molecule has 0 bridgehead atoms. The Morgan fingerprint density at radius 1 is 0.542 bits per heavy atom. The van der Waals surface area contributed by atoms with Gasteiger partial charge in [-0.05, 0) is 38.0 Å². The van der Waals surface area contributed by atoms with Gasteiger partial charge < -0.3 is 74.8 Å². The zero-order valence-corrected chi connectivity index (χ0v) is 35.3. The van der Waals surface area contributed by atoms with Gasteiger partial charge in [-0.3, -0.25) is 24.0 Å². The van der Waals surface area contributed by atoms with E-state index in [0.717, 1.165) is 6.29 Å². The molecule has 0 fully saturated rings. The van der Waals surface area contributed by atoms with Gasteiger partial charge in [0.2, 0.25) is 29.5 Å². The van der Waals surface area contributed by atoms with Crippen molar-refractivity contribution in [3.05, 3.63) is 0 Å². The van der Waals surface area contributed by atoms with E-state index in [2.05, 4.69) is 21.3 Å². The minimum atomic E-state index is -0.919. The SMILES string of the molecule is CC(C)[C@H](NC(=O)[C@@H](CCCCNC(=O)CCOCCOCCOCCOCCO)NC(=O)CCOCCOCCOCCOCCNC(=O)CCCCC=O)C(N)=O. The lowest BCUT2D eigenvalue weighted by Gasteiger charge is -2.24. The number of hydrogen-bond acceptors (Lipinski definition) is 15. The lowest BCUT2D eigenvalue weighted by molar-refractivity contribution is -0.132. The molecular formula is C39H73N5O15. The Balaban J connectivity index is 4.16. The van der Waals surface area contributed by atoms with Gasteiger partial charge in [0.15, 0.2) is 0 Å². The monoisotopic (exact) mass is 852 g/mol. The third-order valence-electron chi connectivity index (χ3n) is 8.12. The van der Waals surface area contributed by atoms with Crippen molar-refractivity contribution < 1.29 is 71.8 Å².